The molecular formula is C32H22FN7O2. The fraction of sp³-hybridized carbons (Fsp3) is 0.0312. The number of pyridine rings is 2. The molecule has 7 aromatic rings. The fourth-order valence-corrected chi connectivity index (χ4v) is 5.00. The van der Waals surface area contributed by atoms with E-state index in [0.29, 0.717) is 45.1 Å². The van der Waals surface area contributed by atoms with E-state index in [1.54, 1.807) is 18.6 Å². The molecule has 7 rings (SSSR count). The number of aromatic nitrogens is 6. The number of anilines is 1. The van der Waals surface area contributed by atoms with Gasteiger partial charge in [0.05, 0.1) is 46.7 Å². The number of imidazole rings is 1. The van der Waals surface area contributed by atoms with Crippen molar-refractivity contribution in [1.82, 2.24) is 30.1 Å². The van der Waals surface area contributed by atoms with E-state index in [4.69, 9.17) is 4.98 Å². The van der Waals surface area contributed by atoms with Crippen LogP contribution in [0.2, 0.25) is 0 Å². The van der Waals surface area contributed by atoms with E-state index in [9.17, 15) is 14.3 Å². The highest BCUT2D eigenvalue weighted by Crippen LogP contribution is 2.34. The van der Waals surface area contributed by atoms with Gasteiger partial charge in [0, 0.05) is 28.8 Å². The molecule has 4 heterocycles. The summed E-state index contributed by atoms with van der Waals surface area (Å²) >= 11 is 0. The highest BCUT2D eigenvalue weighted by molar-refractivity contribution is 5.98. The summed E-state index contributed by atoms with van der Waals surface area (Å²) in [6.45, 7) is 0. The Morgan fingerprint density at radius 3 is 2.64 bits per heavy atom. The monoisotopic (exact) mass is 555 g/mol. The molecule has 9 nitrogen and oxygen atoms in total. The SMILES string of the molecule is O=C(Cc1ccccc1)Nc1cncc(-c2cc3c(-c4nc5c(-c6cc(O)cc(F)c6)cccc5[nH]4)n[nH]c3cn2)c1. The summed E-state index contributed by atoms with van der Waals surface area (Å²) < 4.78 is 14.0. The van der Waals surface area contributed by atoms with E-state index in [1.807, 2.05) is 60.7 Å². The number of para-hydroxylation sites is 1. The van der Waals surface area contributed by atoms with E-state index in [1.165, 1.54) is 12.1 Å². The van der Waals surface area contributed by atoms with Gasteiger partial charge in [-0.25, -0.2) is 9.37 Å². The molecule has 0 radical (unpaired) electrons. The zero-order valence-corrected chi connectivity index (χ0v) is 22.0. The molecule has 204 valence electrons. The Morgan fingerprint density at radius 2 is 1.79 bits per heavy atom. The molecule has 0 fully saturated rings. The maximum atomic E-state index is 14.0. The van der Waals surface area contributed by atoms with Gasteiger partial charge in [-0.1, -0.05) is 42.5 Å². The van der Waals surface area contributed by atoms with Gasteiger partial charge in [-0.05, 0) is 41.5 Å². The van der Waals surface area contributed by atoms with Crippen LogP contribution < -0.4 is 5.32 Å². The van der Waals surface area contributed by atoms with Gasteiger partial charge in [-0.15, -0.1) is 0 Å². The Morgan fingerprint density at radius 1 is 0.905 bits per heavy atom. The van der Waals surface area contributed by atoms with Gasteiger partial charge in [-0.3, -0.25) is 19.9 Å². The van der Waals surface area contributed by atoms with Crippen LogP contribution in [0.4, 0.5) is 10.1 Å². The van der Waals surface area contributed by atoms with Crippen LogP contribution in [0.5, 0.6) is 5.75 Å². The van der Waals surface area contributed by atoms with E-state index in [0.717, 1.165) is 28.1 Å². The van der Waals surface area contributed by atoms with Gasteiger partial charge in [0.1, 0.15) is 17.3 Å². The number of aromatic amines is 2. The summed E-state index contributed by atoms with van der Waals surface area (Å²) in [6, 6.07) is 22.7. The fourth-order valence-electron chi connectivity index (χ4n) is 5.00. The van der Waals surface area contributed by atoms with Gasteiger partial charge in [0.15, 0.2) is 5.82 Å². The maximum absolute atomic E-state index is 14.0. The number of nitrogens with one attached hydrogen (secondary N) is 3. The predicted octanol–water partition coefficient (Wildman–Crippen LogP) is 6.26. The molecule has 0 saturated carbocycles. The van der Waals surface area contributed by atoms with Crippen LogP contribution in [0.25, 0.3) is 55.8 Å². The second-order valence-corrected chi connectivity index (χ2v) is 9.85. The predicted molar refractivity (Wildman–Crippen MR) is 158 cm³/mol. The zero-order valence-electron chi connectivity index (χ0n) is 22.0. The highest BCUT2D eigenvalue weighted by Gasteiger charge is 2.17. The molecule has 0 spiro atoms. The number of aromatic hydroxyl groups is 1. The summed E-state index contributed by atoms with van der Waals surface area (Å²) in [5, 5.41) is 21.1. The van der Waals surface area contributed by atoms with Gasteiger partial charge in [-0.2, -0.15) is 5.10 Å². The number of rotatable bonds is 6. The minimum absolute atomic E-state index is 0.140. The van der Waals surface area contributed by atoms with Crippen LogP contribution >= 0.6 is 0 Å². The second kappa shape index (κ2) is 10.3. The van der Waals surface area contributed by atoms with Gasteiger partial charge >= 0.3 is 0 Å². The highest BCUT2D eigenvalue weighted by atomic mass is 19.1. The molecule has 1 amide bonds. The van der Waals surface area contributed by atoms with E-state index in [-0.39, 0.29) is 18.1 Å². The number of hydrogen-bond donors (Lipinski definition) is 4. The lowest BCUT2D eigenvalue weighted by Crippen LogP contribution is -2.14. The average Bonchev–Trinajstić information content (AvgIpc) is 3.61. The lowest BCUT2D eigenvalue weighted by Gasteiger charge is -2.07. The third-order valence-electron chi connectivity index (χ3n) is 6.90. The minimum atomic E-state index is -0.537. The first-order valence-electron chi connectivity index (χ1n) is 13.1. The van der Waals surface area contributed by atoms with Crippen LogP contribution in [0.1, 0.15) is 5.56 Å². The first-order valence-corrected chi connectivity index (χ1v) is 13.1. The van der Waals surface area contributed by atoms with Crippen molar-refractivity contribution in [1.29, 1.82) is 0 Å². The third-order valence-corrected chi connectivity index (χ3v) is 6.90. The molecule has 0 aliphatic carbocycles. The molecule has 42 heavy (non-hydrogen) atoms. The van der Waals surface area contributed by atoms with E-state index >= 15 is 0 Å². The molecule has 0 aliphatic rings. The summed E-state index contributed by atoms with van der Waals surface area (Å²) in [6.07, 6.45) is 5.22. The summed E-state index contributed by atoms with van der Waals surface area (Å²) in [4.78, 5) is 29.6. The van der Waals surface area contributed by atoms with Gasteiger partial charge in [0.2, 0.25) is 5.91 Å². The van der Waals surface area contributed by atoms with Crippen molar-refractivity contribution in [2.75, 3.05) is 5.32 Å². The molecule has 0 saturated heterocycles. The number of amides is 1. The molecule has 3 aromatic carbocycles. The van der Waals surface area contributed by atoms with Crippen molar-refractivity contribution in [2.24, 2.45) is 0 Å². The van der Waals surface area contributed by atoms with Crippen LogP contribution in [0, 0.1) is 5.82 Å². The molecule has 4 N–H and O–H groups in total. The maximum Gasteiger partial charge on any atom is 0.228 e. The Balaban J connectivity index is 1.22. The van der Waals surface area contributed by atoms with Gasteiger partial charge < -0.3 is 15.4 Å². The largest absolute Gasteiger partial charge is 0.508 e. The molecular weight excluding hydrogens is 533 g/mol. The third kappa shape index (κ3) is 4.81. The normalized spacial score (nSPS) is 11.3. The van der Waals surface area contributed by atoms with E-state index < -0.39 is 5.82 Å². The first-order chi connectivity index (χ1) is 20.5. The van der Waals surface area contributed by atoms with Crippen molar-refractivity contribution in [2.45, 2.75) is 6.42 Å². The number of phenolic OH excluding ortho intramolecular Hbond substituents is 1. The molecule has 0 unspecified atom stereocenters. The molecule has 4 aromatic heterocycles. The summed E-state index contributed by atoms with van der Waals surface area (Å²) in [5.41, 5.74) is 6.68. The zero-order chi connectivity index (χ0) is 28.6. The molecule has 10 heteroatoms. The number of H-pyrrole nitrogens is 2. The summed E-state index contributed by atoms with van der Waals surface area (Å²) in [7, 11) is 0. The summed E-state index contributed by atoms with van der Waals surface area (Å²) in [5.74, 6) is -0.323. The van der Waals surface area contributed by atoms with Crippen LogP contribution in [0.3, 0.4) is 0 Å². The van der Waals surface area contributed by atoms with Crippen molar-refractivity contribution in [3.05, 3.63) is 109 Å². The Labute approximate surface area is 238 Å². The number of benzene rings is 3. The number of carbonyl (C=O) groups is 1. The van der Waals surface area contributed by atoms with Crippen molar-refractivity contribution < 1.29 is 14.3 Å². The van der Waals surface area contributed by atoms with Crippen molar-refractivity contribution in [3.8, 4) is 39.7 Å². The Kier molecular flexibility index (Phi) is 6.12. The number of nitrogens with zero attached hydrogens (tertiary/aromatic N) is 4. The quantitative estimate of drug-likeness (QED) is 0.192. The number of phenols is 1. The average molecular weight is 556 g/mol. The first kappa shape index (κ1) is 25.1. The smallest absolute Gasteiger partial charge is 0.228 e. The van der Waals surface area contributed by atoms with Crippen LogP contribution in [-0.2, 0) is 11.2 Å². The topological polar surface area (TPSA) is 132 Å². The molecule has 0 atom stereocenters. The second-order valence-electron chi connectivity index (χ2n) is 9.85. The van der Waals surface area contributed by atoms with E-state index in [2.05, 4.69) is 30.5 Å². The van der Waals surface area contributed by atoms with Crippen LogP contribution in [-0.4, -0.2) is 41.1 Å². The van der Waals surface area contributed by atoms with Crippen LogP contribution in [0.15, 0.2) is 97.5 Å². The standard InChI is InChI=1S/C32H22FN7O2/c33-21-10-19(12-23(41)13-21)24-7-4-8-26-30(24)38-32(37-26)31-25-14-27(35-17-28(25)39-40-31)20-11-22(16-34-15-20)36-29(42)9-18-5-2-1-3-6-18/h1-8,10-17,41H,9H2,(H,36,42)(H,37,38)(H,39,40). The number of carbonyl (C=O) groups excluding carboxylic acids is 1. The van der Waals surface area contributed by atoms with Crippen molar-refractivity contribution >= 4 is 33.5 Å². The number of fused-ring (bicyclic) bond motifs is 2. The van der Waals surface area contributed by atoms with Crippen molar-refractivity contribution in [3.63, 3.8) is 0 Å². The Bertz CT molecular complexity index is 2080. The number of hydrogen-bond acceptors (Lipinski definition) is 6. The number of halogens is 1. The minimum Gasteiger partial charge on any atom is -0.508 e. The lowest BCUT2D eigenvalue weighted by atomic mass is 10.0. The molecule has 0 bridgehead atoms. The van der Waals surface area contributed by atoms with Gasteiger partial charge in [0.25, 0.3) is 0 Å². The Hall–Kier alpha value is -5.90. The molecule has 0 aliphatic heterocycles. The lowest BCUT2D eigenvalue weighted by molar-refractivity contribution is -0.115.